The molecule has 0 bridgehead atoms. The van der Waals surface area contributed by atoms with Crippen molar-refractivity contribution < 1.29 is 4.79 Å². The molecule has 2 nitrogen and oxygen atoms in total. The van der Waals surface area contributed by atoms with Crippen LogP contribution in [0.3, 0.4) is 0 Å². The minimum absolute atomic E-state index is 0.694. The maximum Gasteiger partial charge on any atom is 0.142 e. The van der Waals surface area contributed by atoms with Crippen LogP contribution < -0.4 is 5.73 Å². The van der Waals surface area contributed by atoms with E-state index in [-0.39, 0.29) is 0 Å². The van der Waals surface area contributed by atoms with E-state index in [2.05, 4.69) is 0 Å². The highest BCUT2D eigenvalue weighted by molar-refractivity contribution is 5.65. The van der Waals surface area contributed by atoms with Gasteiger partial charge in [0.2, 0.25) is 0 Å². The number of allylic oxidation sites excluding steroid dienone is 3. The van der Waals surface area contributed by atoms with Crippen LogP contribution in [0, 0.1) is 0 Å². The van der Waals surface area contributed by atoms with Gasteiger partial charge in [0.1, 0.15) is 6.29 Å². The third-order valence-corrected chi connectivity index (χ3v) is 0.412. The Balaban J connectivity index is 3.27. The molecular weight excluding hydrogens is 90.1 g/mol. The Hall–Kier alpha value is -1.05. The van der Waals surface area contributed by atoms with E-state index in [1.165, 1.54) is 12.3 Å². The van der Waals surface area contributed by atoms with Crippen LogP contribution >= 0.6 is 0 Å². The standard InChI is InChI=1S/C5H7NO/c6-4-2-1-3-5-7/h1-5H,6H2/b3-1+,4-2+. The average Bonchev–Trinajstić information content (AvgIpc) is 1.69. The van der Waals surface area contributed by atoms with Crippen LogP contribution in [0.5, 0.6) is 0 Å². The van der Waals surface area contributed by atoms with E-state index >= 15 is 0 Å². The van der Waals surface area contributed by atoms with Crippen LogP contribution in [0.15, 0.2) is 24.4 Å². The van der Waals surface area contributed by atoms with Crippen LogP contribution in [0.25, 0.3) is 0 Å². The van der Waals surface area contributed by atoms with Gasteiger partial charge in [0.25, 0.3) is 0 Å². The third-order valence-electron chi connectivity index (χ3n) is 0.412. The lowest BCUT2D eigenvalue weighted by atomic mass is 10.5. The highest BCUT2D eigenvalue weighted by atomic mass is 16.1. The Morgan fingerprint density at radius 3 is 2.29 bits per heavy atom. The molecule has 2 heteroatoms. The normalized spacial score (nSPS) is 10.9. The van der Waals surface area contributed by atoms with E-state index < -0.39 is 0 Å². The minimum atomic E-state index is 0.694. The molecule has 0 fully saturated rings. The van der Waals surface area contributed by atoms with Gasteiger partial charge in [0.15, 0.2) is 0 Å². The number of nitrogens with two attached hydrogens (primary N) is 1. The Morgan fingerprint density at radius 2 is 1.86 bits per heavy atom. The van der Waals surface area contributed by atoms with E-state index in [9.17, 15) is 4.79 Å². The Morgan fingerprint density at radius 1 is 1.14 bits per heavy atom. The number of hydrogen-bond donors (Lipinski definition) is 1. The van der Waals surface area contributed by atoms with Crippen LogP contribution in [-0.4, -0.2) is 6.29 Å². The molecule has 0 atom stereocenters. The SMILES string of the molecule is N/C=C/C=C/C=O. The summed E-state index contributed by atoms with van der Waals surface area (Å²) in [5, 5.41) is 0. The molecule has 0 heterocycles. The molecule has 0 aliphatic rings. The molecule has 2 N–H and O–H groups in total. The van der Waals surface area contributed by atoms with Crippen molar-refractivity contribution >= 4 is 6.29 Å². The minimum Gasteiger partial charge on any atom is -0.405 e. The van der Waals surface area contributed by atoms with Crippen molar-refractivity contribution in [1.82, 2.24) is 0 Å². The maximum atomic E-state index is 9.52. The first-order chi connectivity index (χ1) is 3.41. The van der Waals surface area contributed by atoms with Crippen molar-refractivity contribution in [3.63, 3.8) is 0 Å². The summed E-state index contributed by atoms with van der Waals surface area (Å²) in [5.41, 5.74) is 4.92. The van der Waals surface area contributed by atoms with Gasteiger partial charge in [-0.15, -0.1) is 0 Å². The Kier molecular flexibility index (Phi) is 4.21. The van der Waals surface area contributed by atoms with E-state index in [4.69, 9.17) is 5.73 Å². The first-order valence-corrected chi connectivity index (χ1v) is 1.90. The van der Waals surface area contributed by atoms with E-state index in [1.54, 1.807) is 12.2 Å². The van der Waals surface area contributed by atoms with Crippen molar-refractivity contribution in [2.24, 2.45) is 5.73 Å². The summed E-state index contributed by atoms with van der Waals surface area (Å²) in [6, 6.07) is 0. The quantitative estimate of drug-likeness (QED) is 0.304. The number of carbonyl (C=O) groups excluding carboxylic acids is 1. The molecule has 0 aliphatic heterocycles. The first-order valence-electron chi connectivity index (χ1n) is 1.90. The summed E-state index contributed by atoms with van der Waals surface area (Å²) in [7, 11) is 0. The largest absolute Gasteiger partial charge is 0.405 e. The van der Waals surface area contributed by atoms with Crippen molar-refractivity contribution in [1.29, 1.82) is 0 Å². The van der Waals surface area contributed by atoms with Crippen molar-refractivity contribution in [3.05, 3.63) is 24.4 Å². The van der Waals surface area contributed by atoms with Crippen LogP contribution in [0.1, 0.15) is 0 Å². The fraction of sp³-hybridized carbons (Fsp3) is 0. The summed E-state index contributed by atoms with van der Waals surface area (Å²) in [6.45, 7) is 0. The summed E-state index contributed by atoms with van der Waals surface area (Å²) in [5.74, 6) is 0. The molecule has 0 aromatic heterocycles. The lowest BCUT2D eigenvalue weighted by molar-refractivity contribution is -0.104. The lowest BCUT2D eigenvalue weighted by Gasteiger charge is -1.63. The van der Waals surface area contributed by atoms with Gasteiger partial charge in [-0.2, -0.15) is 0 Å². The highest BCUT2D eigenvalue weighted by Gasteiger charge is 1.56. The molecular formula is C5H7NO. The predicted octanol–water partition coefficient (Wildman–Crippen LogP) is 0.214. The number of aldehydes is 1. The van der Waals surface area contributed by atoms with Crippen LogP contribution in [0.2, 0.25) is 0 Å². The van der Waals surface area contributed by atoms with E-state index in [0.29, 0.717) is 6.29 Å². The number of hydrogen-bond acceptors (Lipinski definition) is 2. The maximum absolute atomic E-state index is 9.52. The van der Waals surface area contributed by atoms with Crippen LogP contribution in [0.4, 0.5) is 0 Å². The Labute approximate surface area is 42.3 Å². The fourth-order valence-electron chi connectivity index (χ4n) is 0.174. The Bertz CT molecular complexity index is 94.3. The molecule has 0 aliphatic carbocycles. The topological polar surface area (TPSA) is 43.1 Å². The van der Waals surface area contributed by atoms with Gasteiger partial charge in [-0.3, -0.25) is 4.79 Å². The highest BCUT2D eigenvalue weighted by Crippen LogP contribution is 1.66. The molecule has 0 spiro atoms. The van der Waals surface area contributed by atoms with Gasteiger partial charge in [0, 0.05) is 0 Å². The van der Waals surface area contributed by atoms with Crippen molar-refractivity contribution in [2.75, 3.05) is 0 Å². The molecule has 0 unspecified atom stereocenters. The molecule has 0 radical (unpaired) electrons. The number of rotatable bonds is 2. The zero-order chi connectivity index (χ0) is 5.54. The number of carbonyl (C=O) groups is 1. The molecule has 7 heavy (non-hydrogen) atoms. The smallest absolute Gasteiger partial charge is 0.142 e. The molecule has 0 aromatic rings. The molecule has 0 aromatic carbocycles. The summed E-state index contributed by atoms with van der Waals surface area (Å²) in [4.78, 5) is 9.52. The van der Waals surface area contributed by atoms with E-state index in [0.717, 1.165) is 0 Å². The third kappa shape index (κ3) is 4.95. The predicted molar refractivity (Wildman–Crippen MR) is 28.5 cm³/mol. The van der Waals surface area contributed by atoms with Crippen molar-refractivity contribution in [3.8, 4) is 0 Å². The summed E-state index contributed by atoms with van der Waals surface area (Å²) >= 11 is 0. The summed E-state index contributed by atoms with van der Waals surface area (Å²) < 4.78 is 0. The van der Waals surface area contributed by atoms with Crippen molar-refractivity contribution in [2.45, 2.75) is 0 Å². The summed E-state index contributed by atoms with van der Waals surface area (Å²) in [6.07, 6.45) is 6.56. The zero-order valence-corrected chi connectivity index (χ0v) is 3.87. The monoisotopic (exact) mass is 97.1 g/mol. The molecule has 0 saturated carbocycles. The zero-order valence-electron chi connectivity index (χ0n) is 3.87. The molecule has 38 valence electrons. The lowest BCUT2D eigenvalue weighted by Crippen LogP contribution is -1.72. The molecule has 0 amide bonds. The van der Waals surface area contributed by atoms with Gasteiger partial charge < -0.3 is 5.73 Å². The van der Waals surface area contributed by atoms with Crippen LogP contribution in [-0.2, 0) is 4.79 Å². The van der Waals surface area contributed by atoms with E-state index in [1.807, 2.05) is 0 Å². The second kappa shape index (κ2) is 4.95. The molecule has 0 rings (SSSR count). The average molecular weight is 97.1 g/mol. The molecule has 0 saturated heterocycles. The first kappa shape index (κ1) is 5.95. The van der Waals surface area contributed by atoms with Gasteiger partial charge >= 0.3 is 0 Å². The second-order valence-electron chi connectivity index (χ2n) is 0.906. The fourth-order valence-corrected chi connectivity index (χ4v) is 0.174. The van der Waals surface area contributed by atoms with Gasteiger partial charge in [-0.25, -0.2) is 0 Å². The second-order valence-corrected chi connectivity index (χ2v) is 0.906. The van der Waals surface area contributed by atoms with Gasteiger partial charge in [-0.1, -0.05) is 6.08 Å². The van der Waals surface area contributed by atoms with Gasteiger partial charge in [-0.05, 0) is 18.4 Å². The van der Waals surface area contributed by atoms with Gasteiger partial charge in [0.05, 0.1) is 0 Å².